The molecule has 0 aliphatic heterocycles. The van der Waals surface area contributed by atoms with E-state index in [1.165, 1.54) is 69.6 Å². The second-order valence-corrected chi connectivity index (χ2v) is 7.00. The van der Waals surface area contributed by atoms with Crippen molar-refractivity contribution in [2.24, 2.45) is 5.92 Å². The van der Waals surface area contributed by atoms with Crippen molar-refractivity contribution in [1.29, 1.82) is 0 Å². The van der Waals surface area contributed by atoms with Gasteiger partial charge in [0.2, 0.25) is 5.91 Å². The van der Waals surface area contributed by atoms with Crippen LogP contribution in [0.2, 0.25) is 0 Å². The zero-order valence-electron chi connectivity index (χ0n) is 18.2. The van der Waals surface area contributed by atoms with Gasteiger partial charge in [-0.3, -0.25) is 14.4 Å². The summed E-state index contributed by atoms with van der Waals surface area (Å²) in [5.41, 5.74) is 1.09. The van der Waals surface area contributed by atoms with E-state index in [-0.39, 0.29) is 23.0 Å². The summed E-state index contributed by atoms with van der Waals surface area (Å²) in [5.74, 6) is -3.22. The third kappa shape index (κ3) is 5.98. The van der Waals surface area contributed by atoms with Gasteiger partial charge >= 0.3 is 0 Å². The predicted molar refractivity (Wildman–Crippen MR) is 120 cm³/mol. The van der Waals surface area contributed by atoms with Gasteiger partial charge in [0.25, 0.3) is 0 Å². The van der Waals surface area contributed by atoms with Crippen molar-refractivity contribution in [3.8, 4) is 23.0 Å². The quantitative estimate of drug-likeness (QED) is 0.456. The van der Waals surface area contributed by atoms with Gasteiger partial charge in [0.05, 0.1) is 14.2 Å². The molecule has 32 heavy (non-hydrogen) atoms. The topological polar surface area (TPSA) is 113 Å². The maximum absolute atomic E-state index is 12.8. The number of amides is 1. The van der Waals surface area contributed by atoms with Crippen molar-refractivity contribution in [1.82, 2.24) is 4.90 Å². The van der Waals surface area contributed by atoms with Crippen LogP contribution in [-0.4, -0.2) is 60.9 Å². The van der Waals surface area contributed by atoms with Crippen LogP contribution in [0.1, 0.15) is 11.1 Å². The van der Waals surface area contributed by atoms with Crippen LogP contribution in [0, 0.1) is 5.92 Å². The van der Waals surface area contributed by atoms with Gasteiger partial charge < -0.3 is 24.6 Å². The first-order valence-electron chi connectivity index (χ1n) is 9.57. The minimum Gasteiger partial charge on any atom is -0.504 e. The molecular formula is C24H25NO7. The fourth-order valence-electron chi connectivity index (χ4n) is 2.79. The standard InChI is InChI=1S/C24H25NO7/c1-25(2)24(30)23(19(28)11-7-15-5-9-17(26)21(13-15)31-3)20(29)12-8-16-6-10-18(27)22(14-16)32-4/h5-14,23,26-27H,1-4H3/b11-7+,12-8+. The number of nitrogens with zero attached hydrogens (tertiary/aromatic N) is 1. The third-order valence-electron chi connectivity index (χ3n) is 4.54. The van der Waals surface area contributed by atoms with Crippen LogP contribution in [0.4, 0.5) is 0 Å². The van der Waals surface area contributed by atoms with Crippen LogP contribution in [0.3, 0.4) is 0 Å². The molecule has 1 amide bonds. The Morgan fingerprint density at radius 1 is 0.812 bits per heavy atom. The van der Waals surface area contributed by atoms with Crippen molar-refractivity contribution < 1.29 is 34.1 Å². The van der Waals surface area contributed by atoms with Gasteiger partial charge in [-0.1, -0.05) is 24.3 Å². The van der Waals surface area contributed by atoms with E-state index >= 15 is 0 Å². The lowest BCUT2D eigenvalue weighted by Crippen LogP contribution is -2.38. The number of rotatable bonds is 9. The van der Waals surface area contributed by atoms with Crippen LogP contribution in [0.25, 0.3) is 12.2 Å². The van der Waals surface area contributed by atoms with Crippen LogP contribution < -0.4 is 9.47 Å². The summed E-state index contributed by atoms with van der Waals surface area (Å²) >= 11 is 0. The second-order valence-electron chi connectivity index (χ2n) is 7.00. The van der Waals surface area contributed by atoms with E-state index in [0.29, 0.717) is 11.1 Å². The van der Waals surface area contributed by atoms with Gasteiger partial charge in [0.15, 0.2) is 40.5 Å². The van der Waals surface area contributed by atoms with Gasteiger partial charge in [0, 0.05) is 14.1 Å². The number of carbonyl (C=O) groups excluding carboxylic acids is 3. The Labute approximate surface area is 186 Å². The molecule has 2 aromatic rings. The molecule has 0 heterocycles. The number of methoxy groups -OCH3 is 2. The average molecular weight is 439 g/mol. The highest BCUT2D eigenvalue weighted by atomic mass is 16.5. The Kier molecular flexibility index (Phi) is 8.17. The van der Waals surface area contributed by atoms with E-state index in [0.717, 1.165) is 12.2 Å². The Morgan fingerprint density at radius 3 is 1.56 bits per heavy atom. The van der Waals surface area contributed by atoms with Gasteiger partial charge in [-0.05, 0) is 47.5 Å². The number of phenols is 2. The molecule has 0 aromatic heterocycles. The van der Waals surface area contributed by atoms with Crippen molar-refractivity contribution in [3.05, 3.63) is 59.7 Å². The molecule has 8 heteroatoms. The molecule has 168 valence electrons. The maximum atomic E-state index is 12.8. The van der Waals surface area contributed by atoms with Gasteiger partial charge in [0.1, 0.15) is 0 Å². The molecule has 0 saturated carbocycles. The summed E-state index contributed by atoms with van der Waals surface area (Å²) in [5, 5.41) is 19.3. The van der Waals surface area contributed by atoms with E-state index in [4.69, 9.17) is 9.47 Å². The van der Waals surface area contributed by atoms with Crippen molar-refractivity contribution in [3.63, 3.8) is 0 Å². The van der Waals surface area contributed by atoms with E-state index < -0.39 is 23.4 Å². The molecular weight excluding hydrogens is 414 g/mol. The van der Waals surface area contributed by atoms with Gasteiger partial charge in [-0.2, -0.15) is 0 Å². The summed E-state index contributed by atoms with van der Waals surface area (Å²) < 4.78 is 10.1. The predicted octanol–water partition coefficient (Wildman–Crippen LogP) is 2.68. The van der Waals surface area contributed by atoms with E-state index in [2.05, 4.69) is 0 Å². The Balaban J connectivity index is 2.27. The fourth-order valence-corrected chi connectivity index (χ4v) is 2.79. The molecule has 2 aromatic carbocycles. The largest absolute Gasteiger partial charge is 0.504 e. The second kappa shape index (κ2) is 10.8. The molecule has 0 unspecified atom stereocenters. The maximum Gasteiger partial charge on any atom is 0.240 e. The highest BCUT2D eigenvalue weighted by molar-refractivity contribution is 6.25. The SMILES string of the molecule is COc1cc(/C=C/C(=O)C(C(=O)/C=C/c2ccc(O)c(OC)c2)C(=O)N(C)C)ccc1O. The molecule has 8 nitrogen and oxygen atoms in total. The zero-order chi connectivity index (χ0) is 23.8. The highest BCUT2D eigenvalue weighted by Crippen LogP contribution is 2.28. The van der Waals surface area contributed by atoms with Crippen LogP contribution in [0.15, 0.2) is 48.6 Å². The highest BCUT2D eigenvalue weighted by Gasteiger charge is 2.32. The monoisotopic (exact) mass is 439 g/mol. The first-order valence-corrected chi connectivity index (χ1v) is 9.57. The van der Waals surface area contributed by atoms with E-state index in [9.17, 15) is 24.6 Å². The van der Waals surface area contributed by atoms with Crippen molar-refractivity contribution in [2.75, 3.05) is 28.3 Å². The normalized spacial score (nSPS) is 11.2. The van der Waals surface area contributed by atoms with E-state index in [1.54, 1.807) is 12.1 Å². The Morgan fingerprint density at radius 2 is 1.22 bits per heavy atom. The molecule has 0 spiro atoms. The number of ether oxygens (including phenoxy) is 2. The lowest BCUT2D eigenvalue weighted by Gasteiger charge is -2.16. The summed E-state index contributed by atoms with van der Waals surface area (Å²) in [4.78, 5) is 39.2. The molecule has 2 N–H and O–H groups in total. The number of phenolic OH excluding ortho intramolecular Hbond substituents is 2. The number of ketones is 2. The Hall–Kier alpha value is -4.07. The minimum atomic E-state index is -1.55. The first kappa shape index (κ1) is 24.2. The molecule has 0 saturated heterocycles. The van der Waals surface area contributed by atoms with Crippen molar-refractivity contribution in [2.45, 2.75) is 0 Å². The minimum absolute atomic E-state index is 0.0529. The van der Waals surface area contributed by atoms with Gasteiger partial charge in [-0.15, -0.1) is 0 Å². The average Bonchev–Trinajstić information content (AvgIpc) is 2.77. The number of carbonyl (C=O) groups is 3. The van der Waals surface area contributed by atoms with E-state index in [1.807, 2.05) is 0 Å². The summed E-state index contributed by atoms with van der Waals surface area (Å²) in [7, 11) is 5.71. The summed E-state index contributed by atoms with van der Waals surface area (Å²) in [6, 6.07) is 8.97. The zero-order valence-corrected chi connectivity index (χ0v) is 18.2. The number of benzene rings is 2. The molecule has 2 rings (SSSR count). The van der Waals surface area contributed by atoms with Crippen molar-refractivity contribution >= 4 is 29.6 Å². The fraction of sp³-hybridized carbons (Fsp3) is 0.208. The van der Waals surface area contributed by atoms with Gasteiger partial charge in [-0.25, -0.2) is 0 Å². The number of hydrogen-bond donors (Lipinski definition) is 2. The third-order valence-corrected chi connectivity index (χ3v) is 4.54. The molecule has 0 fully saturated rings. The molecule has 0 bridgehead atoms. The van der Waals surface area contributed by atoms with Crippen LogP contribution in [-0.2, 0) is 14.4 Å². The molecule has 0 aliphatic rings. The smallest absolute Gasteiger partial charge is 0.240 e. The lowest BCUT2D eigenvalue weighted by atomic mass is 9.95. The lowest BCUT2D eigenvalue weighted by molar-refractivity contribution is -0.142. The Bertz CT molecular complexity index is 995. The first-order chi connectivity index (χ1) is 15.2. The molecule has 0 atom stereocenters. The summed E-state index contributed by atoms with van der Waals surface area (Å²) in [6.45, 7) is 0. The molecule has 0 aliphatic carbocycles. The van der Waals surface area contributed by atoms with Crippen LogP contribution in [0.5, 0.6) is 23.0 Å². The summed E-state index contributed by atoms with van der Waals surface area (Å²) in [6.07, 6.45) is 5.16. The number of aromatic hydroxyl groups is 2. The van der Waals surface area contributed by atoms with Crippen LogP contribution >= 0.6 is 0 Å². The number of hydrogen-bond acceptors (Lipinski definition) is 7. The number of allylic oxidation sites excluding steroid dienone is 2. The molecule has 0 radical (unpaired) electrons.